The summed E-state index contributed by atoms with van der Waals surface area (Å²) in [5.41, 5.74) is 1.23. The highest BCUT2D eigenvalue weighted by Gasteiger charge is 2.16. The Labute approximate surface area is 101 Å². The van der Waals surface area contributed by atoms with Crippen LogP contribution in [0.5, 0.6) is 0 Å². The van der Waals surface area contributed by atoms with E-state index in [0.717, 1.165) is 13.0 Å². The Morgan fingerprint density at radius 1 is 1.47 bits per heavy atom. The first-order valence-corrected chi connectivity index (χ1v) is 5.66. The van der Waals surface area contributed by atoms with E-state index in [1.54, 1.807) is 24.1 Å². The second-order valence-electron chi connectivity index (χ2n) is 4.18. The zero-order valence-corrected chi connectivity index (χ0v) is 10.1. The van der Waals surface area contributed by atoms with E-state index in [4.69, 9.17) is 0 Å². The number of carbonyl (C=O) groups excluding carboxylic acids is 1. The summed E-state index contributed by atoms with van der Waals surface area (Å²) in [6.07, 6.45) is 4.72. The topological polar surface area (TPSA) is 58.1 Å². The van der Waals surface area contributed by atoms with Crippen LogP contribution in [0, 0.1) is 6.92 Å². The lowest BCUT2D eigenvalue weighted by atomic mass is 10.1. The van der Waals surface area contributed by atoms with E-state index in [0.29, 0.717) is 18.2 Å². The standard InChI is InChI=1S/C12H16N4O/c1-9-4-3-7-16(8-9)12(17)15-11-5-6-13-10(2)14-11/h4-6H,3,7-8H2,1-2H3,(H,13,14,15,17). The third-order valence-corrected chi connectivity index (χ3v) is 2.63. The van der Waals surface area contributed by atoms with Crippen LogP contribution in [0.1, 0.15) is 19.2 Å². The maximum absolute atomic E-state index is 12.0. The number of anilines is 1. The minimum atomic E-state index is -0.101. The molecule has 0 saturated carbocycles. The first-order valence-electron chi connectivity index (χ1n) is 5.66. The van der Waals surface area contributed by atoms with Crippen molar-refractivity contribution in [3.8, 4) is 0 Å². The molecule has 1 aromatic heterocycles. The molecule has 0 unspecified atom stereocenters. The predicted molar refractivity (Wildman–Crippen MR) is 65.7 cm³/mol. The van der Waals surface area contributed by atoms with E-state index in [1.165, 1.54) is 5.57 Å². The fourth-order valence-electron chi connectivity index (χ4n) is 1.80. The van der Waals surface area contributed by atoms with Crippen LogP contribution in [0.2, 0.25) is 0 Å². The van der Waals surface area contributed by atoms with Gasteiger partial charge >= 0.3 is 6.03 Å². The quantitative estimate of drug-likeness (QED) is 0.753. The van der Waals surface area contributed by atoms with E-state index < -0.39 is 0 Å². The normalized spacial score (nSPS) is 15.4. The molecule has 2 heterocycles. The van der Waals surface area contributed by atoms with Gasteiger partial charge in [0, 0.05) is 19.3 Å². The van der Waals surface area contributed by atoms with Crippen LogP contribution in [0.25, 0.3) is 0 Å². The monoisotopic (exact) mass is 232 g/mol. The van der Waals surface area contributed by atoms with Crippen LogP contribution >= 0.6 is 0 Å². The summed E-state index contributed by atoms with van der Waals surface area (Å²) < 4.78 is 0. The lowest BCUT2D eigenvalue weighted by molar-refractivity contribution is 0.215. The van der Waals surface area contributed by atoms with Crippen LogP contribution in [0.15, 0.2) is 23.9 Å². The van der Waals surface area contributed by atoms with E-state index >= 15 is 0 Å². The van der Waals surface area contributed by atoms with Crippen molar-refractivity contribution in [1.29, 1.82) is 0 Å². The van der Waals surface area contributed by atoms with Gasteiger partial charge in [0.25, 0.3) is 0 Å². The number of nitrogens with zero attached hydrogens (tertiary/aromatic N) is 3. The van der Waals surface area contributed by atoms with Crippen molar-refractivity contribution in [2.24, 2.45) is 0 Å². The van der Waals surface area contributed by atoms with Gasteiger partial charge in [-0.15, -0.1) is 0 Å². The molecule has 0 aromatic carbocycles. The zero-order chi connectivity index (χ0) is 12.3. The lowest BCUT2D eigenvalue weighted by Crippen LogP contribution is -2.38. The molecule has 2 rings (SSSR count). The van der Waals surface area contributed by atoms with E-state index in [2.05, 4.69) is 21.4 Å². The summed E-state index contributed by atoms with van der Waals surface area (Å²) in [4.78, 5) is 21.9. The highest BCUT2D eigenvalue weighted by Crippen LogP contribution is 2.10. The molecule has 0 saturated heterocycles. The number of aromatic nitrogens is 2. The first-order chi connectivity index (χ1) is 8.15. The summed E-state index contributed by atoms with van der Waals surface area (Å²) in [6.45, 7) is 5.28. The van der Waals surface area contributed by atoms with Crippen molar-refractivity contribution in [3.63, 3.8) is 0 Å². The van der Waals surface area contributed by atoms with Crippen LogP contribution < -0.4 is 5.32 Å². The molecule has 0 atom stereocenters. The smallest absolute Gasteiger partial charge is 0.320 e. The van der Waals surface area contributed by atoms with E-state index in [-0.39, 0.29) is 6.03 Å². The number of urea groups is 1. The van der Waals surface area contributed by atoms with Crippen LogP contribution in [0.4, 0.5) is 10.6 Å². The second kappa shape index (κ2) is 4.95. The van der Waals surface area contributed by atoms with Gasteiger partial charge in [-0.2, -0.15) is 0 Å². The Bertz CT molecular complexity index is 456. The first kappa shape index (κ1) is 11.6. The summed E-state index contributed by atoms with van der Waals surface area (Å²) in [5.74, 6) is 1.20. The van der Waals surface area contributed by atoms with Gasteiger partial charge in [0.05, 0.1) is 0 Å². The third-order valence-electron chi connectivity index (χ3n) is 2.63. The summed E-state index contributed by atoms with van der Waals surface area (Å²) in [5, 5.41) is 2.78. The molecule has 0 bridgehead atoms. The van der Waals surface area contributed by atoms with Gasteiger partial charge in [-0.1, -0.05) is 11.6 Å². The third kappa shape index (κ3) is 3.03. The molecule has 2 amide bonds. The van der Waals surface area contributed by atoms with Gasteiger partial charge in [-0.05, 0) is 26.3 Å². The Morgan fingerprint density at radius 3 is 3.00 bits per heavy atom. The molecule has 1 aliphatic heterocycles. The van der Waals surface area contributed by atoms with Gasteiger partial charge in [-0.25, -0.2) is 14.8 Å². The Hall–Kier alpha value is -1.91. The second-order valence-corrected chi connectivity index (χ2v) is 4.18. The number of hydrogen-bond acceptors (Lipinski definition) is 3. The molecule has 0 radical (unpaired) electrons. The van der Waals surface area contributed by atoms with Gasteiger partial charge in [-0.3, -0.25) is 5.32 Å². The number of aryl methyl sites for hydroxylation is 1. The van der Waals surface area contributed by atoms with Crippen molar-refractivity contribution in [2.75, 3.05) is 18.4 Å². The predicted octanol–water partition coefficient (Wildman–Crippen LogP) is 1.97. The maximum atomic E-state index is 12.0. The molecule has 17 heavy (non-hydrogen) atoms. The van der Waals surface area contributed by atoms with Gasteiger partial charge in [0.1, 0.15) is 11.6 Å². The van der Waals surface area contributed by atoms with E-state index in [9.17, 15) is 4.79 Å². The van der Waals surface area contributed by atoms with Crippen LogP contribution in [0.3, 0.4) is 0 Å². The molecule has 0 fully saturated rings. The number of nitrogens with one attached hydrogen (secondary N) is 1. The highest BCUT2D eigenvalue weighted by molar-refractivity contribution is 5.88. The number of amides is 2. The molecular formula is C12H16N4O. The van der Waals surface area contributed by atoms with Crippen molar-refractivity contribution >= 4 is 11.8 Å². The summed E-state index contributed by atoms with van der Waals surface area (Å²) in [6, 6.07) is 1.59. The Morgan fingerprint density at radius 2 is 2.29 bits per heavy atom. The van der Waals surface area contributed by atoms with Gasteiger partial charge < -0.3 is 4.90 Å². The van der Waals surface area contributed by atoms with Crippen molar-refractivity contribution in [1.82, 2.24) is 14.9 Å². The highest BCUT2D eigenvalue weighted by atomic mass is 16.2. The SMILES string of the molecule is CC1=CCCN(C(=O)Nc2ccnc(C)n2)C1. The van der Waals surface area contributed by atoms with Crippen LogP contribution in [-0.4, -0.2) is 34.0 Å². The van der Waals surface area contributed by atoms with Gasteiger partial charge in [0.15, 0.2) is 0 Å². The average molecular weight is 232 g/mol. The minimum absolute atomic E-state index is 0.101. The summed E-state index contributed by atoms with van der Waals surface area (Å²) >= 11 is 0. The molecular weight excluding hydrogens is 216 g/mol. The minimum Gasteiger partial charge on any atom is -0.320 e. The maximum Gasteiger partial charge on any atom is 0.323 e. The molecule has 5 nitrogen and oxygen atoms in total. The number of rotatable bonds is 1. The molecule has 0 spiro atoms. The van der Waals surface area contributed by atoms with Gasteiger partial charge in [0.2, 0.25) is 0 Å². The molecule has 90 valence electrons. The number of carbonyl (C=O) groups is 1. The molecule has 1 aromatic rings. The summed E-state index contributed by atoms with van der Waals surface area (Å²) in [7, 11) is 0. The average Bonchev–Trinajstić information content (AvgIpc) is 2.29. The molecule has 5 heteroatoms. The van der Waals surface area contributed by atoms with Crippen molar-refractivity contribution in [2.45, 2.75) is 20.3 Å². The van der Waals surface area contributed by atoms with E-state index in [1.807, 2.05) is 6.92 Å². The van der Waals surface area contributed by atoms with Crippen molar-refractivity contribution in [3.05, 3.63) is 29.7 Å². The number of hydrogen-bond donors (Lipinski definition) is 1. The van der Waals surface area contributed by atoms with Crippen LogP contribution in [-0.2, 0) is 0 Å². The largest absolute Gasteiger partial charge is 0.323 e. The fraction of sp³-hybridized carbons (Fsp3) is 0.417. The zero-order valence-electron chi connectivity index (χ0n) is 10.1. The van der Waals surface area contributed by atoms with Crippen molar-refractivity contribution < 1.29 is 4.79 Å². The Kier molecular flexibility index (Phi) is 3.37. The molecule has 1 aliphatic rings. The lowest BCUT2D eigenvalue weighted by Gasteiger charge is -2.26. The molecule has 0 aliphatic carbocycles. The molecule has 1 N–H and O–H groups in total. The Balaban J connectivity index is 2.00. The fourth-order valence-corrected chi connectivity index (χ4v) is 1.80.